The van der Waals surface area contributed by atoms with Crippen LogP contribution in [0.3, 0.4) is 0 Å². The summed E-state index contributed by atoms with van der Waals surface area (Å²) >= 11 is 0. The third kappa shape index (κ3) is 2.81. The molecular formula is C22H25N5O2. The van der Waals surface area contributed by atoms with Gasteiger partial charge in [0.05, 0.1) is 12.0 Å². The number of hydrogen-bond acceptors (Lipinski definition) is 5. The minimum Gasteiger partial charge on any atom is -0.423 e. The maximum Gasteiger partial charge on any atom is 0.322 e. The summed E-state index contributed by atoms with van der Waals surface area (Å²) in [5.41, 5.74) is 2.60. The number of rotatable bonds is 3. The van der Waals surface area contributed by atoms with Crippen LogP contribution in [0.5, 0.6) is 0 Å². The number of nitriles is 1. The van der Waals surface area contributed by atoms with Gasteiger partial charge in [-0.2, -0.15) is 5.26 Å². The number of hydrogen-bond donors (Lipinski definition) is 1. The van der Waals surface area contributed by atoms with Gasteiger partial charge in [0.1, 0.15) is 5.54 Å². The summed E-state index contributed by atoms with van der Waals surface area (Å²) in [6.45, 7) is 6.05. The Balaban J connectivity index is 1.40. The molecule has 3 aliphatic rings. The van der Waals surface area contributed by atoms with Crippen LogP contribution in [0.1, 0.15) is 61.4 Å². The molecular weight excluding hydrogens is 366 g/mol. The first-order chi connectivity index (χ1) is 13.9. The summed E-state index contributed by atoms with van der Waals surface area (Å²) in [6.07, 6.45) is 3.61. The van der Waals surface area contributed by atoms with Crippen molar-refractivity contribution in [2.45, 2.75) is 64.0 Å². The lowest BCUT2D eigenvalue weighted by molar-refractivity contribution is -0.110. The molecule has 150 valence electrons. The highest BCUT2D eigenvalue weighted by Crippen LogP contribution is 2.55. The van der Waals surface area contributed by atoms with Crippen molar-refractivity contribution in [3.05, 3.63) is 41.1 Å². The van der Waals surface area contributed by atoms with Crippen LogP contribution >= 0.6 is 0 Å². The number of urea groups is 1. The molecule has 1 aromatic heterocycles. The van der Waals surface area contributed by atoms with Crippen LogP contribution in [-0.4, -0.2) is 27.2 Å². The van der Waals surface area contributed by atoms with Gasteiger partial charge >= 0.3 is 6.03 Å². The number of aromatic nitrogens is 2. The molecule has 0 radical (unpaired) electrons. The van der Waals surface area contributed by atoms with Gasteiger partial charge in [0.15, 0.2) is 0 Å². The lowest BCUT2D eigenvalue weighted by atomic mass is 9.64. The van der Waals surface area contributed by atoms with Crippen molar-refractivity contribution in [3.63, 3.8) is 0 Å². The Morgan fingerprint density at radius 1 is 1.31 bits per heavy atom. The summed E-state index contributed by atoms with van der Waals surface area (Å²) < 4.78 is 5.77. The molecule has 2 bridgehead atoms. The van der Waals surface area contributed by atoms with Crippen LogP contribution in [0.4, 0.5) is 10.5 Å². The van der Waals surface area contributed by atoms with Gasteiger partial charge in [0.2, 0.25) is 11.8 Å². The van der Waals surface area contributed by atoms with E-state index >= 15 is 0 Å². The fourth-order valence-electron chi connectivity index (χ4n) is 5.42. The van der Waals surface area contributed by atoms with Crippen molar-refractivity contribution in [2.75, 3.05) is 5.32 Å². The SMILES string of the molecule is Cc1nnc(C23CC(C)CC(C2)N3C(=O)Nc2ccc(C)c([C@@H]3C[C@@H]3C#N)c2)o1. The van der Waals surface area contributed by atoms with Gasteiger partial charge in [-0.1, -0.05) is 13.0 Å². The topological polar surface area (TPSA) is 95.0 Å². The predicted octanol–water partition coefficient (Wildman–Crippen LogP) is 4.25. The number of nitrogens with one attached hydrogen (secondary N) is 1. The number of carbonyl (C=O) groups excluding carboxylic acids is 1. The Kier molecular flexibility index (Phi) is 3.95. The average Bonchev–Trinajstić information content (AvgIpc) is 3.33. The van der Waals surface area contributed by atoms with Crippen LogP contribution < -0.4 is 5.32 Å². The molecule has 2 aliphatic carbocycles. The maximum absolute atomic E-state index is 13.3. The van der Waals surface area contributed by atoms with Crippen molar-refractivity contribution < 1.29 is 9.21 Å². The fraction of sp³-hybridized carbons (Fsp3) is 0.545. The molecule has 5 rings (SSSR count). The third-order valence-corrected chi connectivity index (χ3v) is 6.79. The lowest BCUT2D eigenvalue weighted by Crippen LogP contribution is -2.70. The maximum atomic E-state index is 13.3. The number of nitrogens with zero attached hydrogens (tertiary/aromatic N) is 4. The van der Waals surface area contributed by atoms with Crippen LogP contribution in [0.25, 0.3) is 0 Å². The van der Waals surface area contributed by atoms with Crippen LogP contribution in [0.15, 0.2) is 22.6 Å². The standard InChI is InChI=1S/C22H25N5O2/c1-12-6-17-10-22(9-12,20-26-25-14(3)29-20)27(17)21(28)24-16-5-4-13(2)18(8-16)19-7-15(19)11-23/h4-5,8,12,15,17,19H,6-7,9-10H2,1-3H3,(H,24,28)/t12?,15-,17?,19-,22?/m1/s1. The van der Waals surface area contributed by atoms with Crippen LogP contribution in [-0.2, 0) is 5.54 Å². The number of piperidine rings is 1. The van der Waals surface area contributed by atoms with Crippen molar-refractivity contribution in [2.24, 2.45) is 11.8 Å². The highest BCUT2D eigenvalue weighted by molar-refractivity contribution is 5.91. The number of benzene rings is 1. The van der Waals surface area contributed by atoms with Crippen LogP contribution in [0.2, 0.25) is 0 Å². The van der Waals surface area contributed by atoms with E-state index in [1.165, 1.54) is 0 Å². The van der Waals surface area contributed by atoms with E-state index in [9.17, 15) is 4.79 Å². The molecule has 29 heavy (non-hydrogen) atoms. The molecule has 1 aromatic carbocycles. The molecule has 3 unspecified atom stereocenters. The number of fused-ring (bicyclic) bond motifs is 2. The zero-order chi connectivity index (χ0) is 20.3. The Labute approximate surface area is 170 Å². The number of aryl methyl sites for hydroxylation is 2. The van der Waals surface area contributed by atoms with E-state index in [0.29, 0.717) is 17.7 Å². The van der Waals surface area contributed by atoms with Crippen molar-refractivity contribution in [1.82, 2.24) is 15.1 Å². The highest BCUT2D eigenvalue weighted by Gasteiger charge is 2.62. The fourth-order valence-corrected chi connectivity index (χ4v) is 5.42. The Hall–Kier alpha value is -2.88. The molecule has 7 heteroatoms. The quantitative estimate of drug-likeness (QED) is 0.844. The second-order valence-corrected chi connectivity index (χ2v) is 9.01. The van der Waals surface area contributed by atoms with E-state index in [4.69, 9.17) is 9.68 Å². The van der Waals surface area contributed by atoms with E-state index in [2.05, 4.69) is 35.4 Å². The van der Waals surface area contributed by atoms with Gasteiger partial charge < -0.3 is 14.6 Å². The molecule has 2 aromatic rings. The first-order valence-corrected chi connectivity index (χ1v) is 10.3. The molecule has 2 amide bonds. The molecule has 1 aliphatic heterocycles. The monoisotopic (exact) mass is 391 g/mol. The predicted molar refractivity (Wildman–Crippen MR) is 106 cm³/mol. The third-order valence-electron chi connectivity index (χ3n) is 6.79. The van der Waals surface area contributed by atoms with E-state index in [1.54, 1.807) is 6.92 Å². The number of anilines is 1. The normalized spacial score (nSPS) is 32.3. The second kappa shape index (κ2) is 6.31. The van der Waals surface area contributed by atoms with Gasteiger partial charge in [0.25, 0.3) is 0 Å². The molecule has 5 atom stereocenters. The average molecular weight is 391 g/mol. The van der Waals surface area contributed by atoms with E-state index in [0.717, 1.165) is 42.5 Å². The first kappa shape index (κ1) is 18.2. The smallest absolute Gasteiger partial charge is 0.322 e. The Bertz CT molecular complexity index is 1020. The zero-order valence-corrected chi connectivity index (χ0v) is 17.0. The largest absolute Gasteiger partial charge is 0.423 e. The molecule has 2 saturated carbocycles. The molecule has 1 saturated heterocycles. The van der Waals surface area contributed by atoms with Gasteiger partial charge in [0, 0.05) is 31.0 Å². The van der Waals surface area contributed by atoms with Crippen LogP contribution in [0, 0.1) is 37.0 Å². The number of carbonyl (C=O) groups is 1. The molecule has 2 heterocycles. The molecule has 7 nitrogen and oxygen atoms in total. The Morgan fingerprint density at radius 3 is 2.83 bits per heavy atom. The highest BCUT2D eigenvalue weighted by atomic mass is 16.4. The van der Waals surface area contributed by atoms with E-state index < -0.39 is 5.54 Å². The molecule has 1 N–H and O–H groups in total. The van der Waals surface area contributed by atoms with Crippen molar-refractivity contribution in [3.8, 4) is 6.07 Å². The lowest BCUT2D eigenvalue weighted by Gasteiger charge is -2.61. The van der Waals surface area contributed by atoms with Gasteiger partial charge in [-0.25, -0.2) is 4.79 Å². The minimum absolute atomic E-state index is 0.0971. The Morgan fingerprint density at radius 2 is 2.14 bits per heavy atom. The first-order valence-electron chi connectivity index (χ1n) is 10.3. The summed E-state index contributed by atoms with van der Waals surface area (Å²) in [5.74, 6) is 1.96. The number of likely N-dealkylation sites (tertiary alicyclic amines) is 1. The van der Waals surface area contributed by atoms with Crippen molar-refractivity contribution in [1.29, 1.82) is 5.26 Å². The number of amides is 2. The summed E-state index contributed by atoms with van der Waals surface area (Å²) in [6, 6.07) is 8.41. The molecule has 0 spiro atoms. The van der Waals surface area contributed by atoms with Crippen molar-refractivity contribution >= 4 is 11.7 Å². The zero-order valence-electron chi connectivity index (χ0n) is 17.0. The van der Waals surface area contributed by atoms with E-state index in [1.807, 2.05) is 23.1 Å². The molecule has 3 fully saturated rings. The summed E-state index contributed by atoms with van der Waals surface area (Å²) in [4.78, 5) is 15.2. The van der Waals surface area contributed by atoms with Gasteiger partial charge in [-0.05, 0) is 55.4 Å². The van der Waals surface area contributed by atoms with Gasteiger partial charge in [-0.15, -0.1) is 10.2 Å². The second-order valence-electron chi connectivity index (χ2n) is 9.01. The van der Waals surface area contributed by atoms with Gasteiger partial charge in [-0.3, -0.25) is 0 Å². The summed E-state index contributed by atoms with van der Waals surface area (Å²) in [7, 11) is 0. The van der Waals surface area contributed by atoms with E-state index in [-0.39, 0.29) is 23.9 Å². The summed E-state index contributed by atoms with van der Waals surface area (Å²) in [5, 5.41) is 20.5. The minimum atomic E-state index is -0.496.